The van der Waals surface area contributed by atoms with E-state index in [2.05, 4.69) is 36.7 Å². The second-order valence-electron chi connectivity index (χ2n) is 5.79. The number of hydrogen-bond acceptors (Lipinski definition) is 4. The van der Waals surface area contributed by atoms with Crippen molar-refractivity contribution in [2.75, 3.05) is 13.7 Å². The van der Waals surface area contributed by atoms with Crippen LogP contribution in [0.15, 0.2) is 29.3 Å². The summed E-state index contributed by atoms with van der Waals surface area (Å²) in [7, 11) is 1.72. The van der Waals surface area contributed by atoms with Crippen molar-refractivity contribution in [1.29, 1.82) is 0 Å². The highest BCUT2D eigenvalue weighted by Crippen LogP contribution is 2.31. The first-order chi connectivity index (χ1) is 9.51. The molecule has 1 aromatic carbocycles. The standard InChI is InChI=1S/C16H25N3O/c1-5-12(2)19-15(17)18-11-16(19,3)10-13-8-6-7-9-14(13)20-4/h6-9,12H,5,10-11H2,1-4H3,(H2,17,18). The number of benzene rings is 1. The Morgan fingerprint density at radius 2 is 2.15 bits per heavy atom. The highest BCUT2D eigenvalue weighted by Gasteiger charge is 2.40. The van der Waals surface area contributed by atoms with Gasteiger partial charge in [0.25, 0.3) is 0 Å². The maximum atomic E-state index is 6.10. The average Bonchev–Trinajstić information content (AvgIpc) is 2.74. The highest BCUT2D eigenvalue weighted by atomic mass is 16.5. The van der Waals surface area contributed by atoms with Crippen molar-refractivity contribution in [3.63, 3.8) is 0 Å². The molecule has 2 unspecified atom stereocenters. The van der Waals surface area contributed by atoms with Crippen molar-refractivity contribution in [3.8, 4) is 5.75 Å². The summed E-state index contributed by atoms with van der Waals surface area (Å²) in [6, 6.07) is 8.56. The number of aliphatic imine (C=N–C) groups is 1. The van der Waals surface area contributed by atoms with Crippen molar-refractivity contribution < 1.29 is 4.74 Å². The molecular formula is C16H25N3O. The van der Waals surface area contributed by atoms with Gasteiger partial charge in [-0.05, 0) is 31.9 Å². The minimum absolute atomic E-state index is 0.0753. The summed E-state index contributed by atoms with van der Waals surface area (Å²) in [5.41, 5.74) is 7.23. The number of methoxy groups -OCH3 is 1. The summed E-state index contributed by atoms with van der Waals surface area (Å²) in [5.74, 6) is 1.60. The van der Waals surface area contributed by atoms with E-state index in [-0.39, 0.29) is 5.54 Å². The van der Waals surface area contributed by atoms with Gasteiger partial charge in [-0.1, -0.05) is 25.1 Å². The van der Waals surface area contributed by atoms with Crippen LogP contribution in [0.2, 0.25) is 0 Å². The van der Waals surface area contributed by atoms with E-state index in [4.69, 9.17) is 10.5 Å². The Morgan fingerprint density at radius 1 is 1.45 bits per heavy atom. The van der Waals surface area contributed by atoms with Crippen molar-refractivity contribution in [2.45, 2.75) is 45.2 Å². The summed E-state index contributed by atoms with van der Waals surface area (Å²) < 4.78 is 5.46. The molecule has 1 aliphatic rings. The van der Waals surface area contributed by atoms with Crippen molar-refractivity contribution >= 4 is 5.96 Å². The van der Waals surface area contributed by atoms with Crippen LogP contribution in [-0.4, -0.2) is 36.1 Å². The Morgan fingerprint density at radius 3 is 2.80 bits per heavy atom. The molecule has 0 saturated heterocycles. The van der Waals surface area contributed by atoms with Gasteiger partial charge in [0, 0.05) is 12.5 Å². The number of nitrogens with zero attached hydrogens (tertiary/aromatic N) is 2. The lowest BCUT2D eigenvalue weighted by Crippen LogP contribution is -2.54. The van der Waals surface area contributed by atoms with E-state index in [0.29, 0.717) is 12.0 Å². The molecular weight excluding hydrogens is 250 g/mol. The molecule has 0 amide bonds. The predicted molar refractivity (Wildman–Crippen MR) is 83.2 cm³/mol. The minimum Gasteiger partial charge on any atom is -0.496 e. The van der Waals surface area contributed by atoms with Gasteiger partial charge in [0.1, 0.15) is 5.75 Å². The van der Waals surface area contributed by atoms with Crippen LogP contribution in [0.3, 0.4) is 0 Å². The Balaban J connectivity index is 2.27. The number of hydrogen-bond donors (Lipinski definition) is 1. The average molecular weight is 275 g/mol. The van der Waals surface area contributed by atoms with Gasteiger partial charge in [-0.25, -0.2) is 0 Å². The summed E-state index contributed by atoms with van der Waals surface area (Å²) in [5, 5.41) is 0. The summed E-state index contributed by atoms with van der Waals surface area (Å²) in [6.45, 7) is 7.35. The first kappa shape index (κ1) is 14.7. The van der Waals surface area contributed by atoms with Crippen LogP contribution in [0, 0.1) is 0 Å². The monoisotopic (exact) mass is 275 g/mol. The van der Waals surface area contributed by atoms with Crippen LogP contribution in [0.5, 0.6) is 5.75 Å². The third-order valence-corrected chi connectivity index (χ3v) is 4.21. The van der Waals surface area contributed by atoms with Gasteiger partial charge in [0.2, 0.25) is 0 Å². The second-order valence-corrected chi connectivity index (χ2v) is 5.79. The molecule has 2 atom stereocenters. The SMILES string of the molecule is CCC(C)N1C(N)=NCC1(C)Cc1ccccc1OC. The van der Waals surface area contributed by atoms with Crippen molar-refractivity contribution in [3.05, 3.63) is 29.8 Å². The Bertz CT molecular complexity index is 500. The Hall–Kier alpha value is -1.71. The molecule has 1 aliphatic heterocycles. The van der Waals surface area contributed by atoms with Crippen LogP contribution in [-0.2, 0) is 6.42 Å². The lowest BCUT2D eigenvalue weighted by molar-refractivity contribution is 0.169. The fraction of sp³-hybridized carbons (Fsp3) is 0.562. The molecule has 20 heavy (non-hydrogen) atoms. The molecule has 0 radical (unpaired) electrons. The molecule has 110 valence electrons. The fourth-order valence-corrected chi connectivity index (χ4v) is 3.02. The minimum atomic E-state index is -0.0753. The third-order valence-electron chi connectivity index (χ3n) is 4.21. The molecule has 1 aromatic rings. The lowest BCUT2D eigenvalue weighted by Gasteiger charge is -2.40. The highest BCUT2D eigenvalue weighted by molar-refractivity contribution is 5.81. The molecule has 0 fully saturated rings. The molecule has 0 spiro atoms. The quantitative estimate of drug-likeness (QED) is 0.898. The van der Waals surface area contributed by atoms with Gasteiger partial charge >= 0.3 is 0 Å². The van der Waals surface area contributed by atoms with E-state index in [1.807, 2.05) is 18.2 Å². The van der Waals surface area contributed by atoms with Crippen molar-refractivity contribution in [2.24, 2.45) is 10.7 Å². The number of ether oxygens (including phenoxy) is 1. The maximum absolute atomic E-state index is 6.10. The van der Waals surface area contributed by atoms with Crippen molar-refractivity contribution in [1.82, 2.24) is 4.90 Å². The van der Waals surface area contributed by atoms with Crippen LogP contribution in [0.25, 0.3) is 0 Å². The van der Waals surface area contributed by atoms with E-state index in [0.717, 1.165) is 25.1 Å². The van der Waals surface area contributed by atoms with E-state index in [1.54, 1.807) is 7.11 Å². The molecule has 2 N–H and O–H groups in total. The van der Waals surface area contributed by atoms with E-state index in [1.165, 1.54) is 5.56 Å². The molecule has 0 saturated carbocycles. The largest absolute Gasteiger partial charge is 0.496 e. The maximum Gasteiger partial charge on any atom is 0.192 e. The number of guanidine groups is 1. The summed E-state index contributed by atoms with van der Waals surface area (Å²) >= 11 is 0. The second kappa shape index (κ2) is 5.73. The molecule has 1 heterocycles. The van der Waals surface area contributed by atoms with Gasteiger partial charge in [0.05, 0.1) is 19.2 Å². The van der Waals surface area contributed by atoms with Crippen LogP contribution >= 0.6 is 0 Å². The summed E-state index contributed by atoms with van der Waals surface area (Å²) in [6.07, 6.45) is 1.93. The smallest absolute Gasteiger partial charge is 0.192 e. The topological polar surface area (TPSA) is 50.8 Å². The predicted octanol–water partition coefficient (Wildman–Crippen LogP) is 2.43. The lowest BCUT2D eigenvalue weighted by atomic mass is 9.90. The molecule has 4 nitrogen and oxygen atoms in total. The van der Waals surface area contributed by atoms with E-state index < -0.39 is 0 Å². The number of nitrogens with two attached hydrogens (primary N) is 1. The van der Waals surface area contributed by atoms with Crippen LogP contribution < -0.4 is 10.5 Å². The van der Waals surface area contributed by atoms with Gasteiger partial charge in [0.15, 0.2) is 5.96 Å². The van der Waals surface area contributed by atoms with E-state index in [9.17, 15) is 0 Å². The van der Waals surface area contributed by atoms with E-state index >= 15 is 0 Å². The zero-order valence-corrected chi connectivity index (χ0v) is 12.9. The normalized spacial score (nSPS) is 23.6. The molecule has 0 aliphatic carbocycles. The number of para-hydroxylation sites is 1. The first-order valence-corrected chi connectivity index (χ1v) is 7.23. The molecule has 4 heteroatoms. The van der Waals surface area contributed by atoms with Gasteiger partial charge in [-0.2, -0.15) is 0 Å². The zero-order valence-electron chi connectivity index (χ0n) is 12.9. The Kier molecular flexibility index (Phi) is 4.21. The zero-order chi connectivity index (χ0) is 14.8. The molecule has 2 rings (SSSR count). The molecule has 0 aromatic heterocycles. The fourth-order valence-electron chi connectivity index (χ4n) is 3.02. The van der Waals surface area contributed by atoms with Gasteiger partial charge in [-0.15, -0.1) is 0 Å². The Labute approximate surface area is 121 Å². The van der Waals surface area contributed by atoms with Crippen LogP contribution in [0.4, 0.5) is 0 Å². The van der Waals surface area contributed by atoms with Gasteiger partial charge < -0.3 is 15.4 Å². The summed E-state index contributed by atoms with van der Waals surface area (Å²) in [4.78, 5) is 6.73. The number of rotatable bonds is 5. The molecule has 0 bridgehead atoms. The van der Waals surface area contributed by atoms with Crippen LogP contribution in [0.1, 0.15) is 32.8 Å². The first-order valence-electron chi connectivity index (χ1n) is 7.23. The van der Waals surface area contributed by atoms with Gasteiger partial charge in [-0.3, -0.25) is 4.99 Å². The third kappa shape index (κ3) is 2.60.